The molecule has 0 bridgehead atoms. The first-order valence-corrected chi connectivity index (χ1v) is 7.37. The summed E-state index contributed by atoms with van der Waals surface area (Å²) in [6.07, 6.45) is 1.31. The number of nitrogens with zero attached hydrogens (tertiary/aromatic N) is 2. The normalized spacial score (nSPS) is 11.0. The molecule has 2 rings (SSSR count). The van der Waals surface area contributed by atoms with Crippen molar-refractivity contribution in [1.29, 1.82) is 0 Å². The quantitative estimate of drug-likeness (QED) is 0.601. The van der Waals surface area contributed by atoms with Gasteiger partial charge in [-0.15, -0.1) is 0 Å². The van der Waals surface area contributed by atoms with E-state index in [4.69, 9.17) is 5.11 Å². The van der Waals surface area contributed by atoms with E-state index in [1.54, 1.807) is 0 Å². The van der Waals surface area contributed by atoms with Gasteiger partial charge in [0.05, 0.1) is 12.2 Å². The monoisotopic (exact) mass is 308 g/mol. The van der Waals surface area contributed by atoms with Crippen LogP contribution in [0.3, 0.4) is 0 Å². The van der Waals surface area contributed by atoms with Crippen molar-refractivity contribution < 1.29 is 9.90 Å². The number of hydrogen-bond acceptors (Lipinski definition) is 3. The molecule has 1 N–H and O–H groups in total. The highest BCUT2D eigenvalue weighted by atomic mass is 16.4. The molecule has 118 valence electrons. The van der Waals surface area contributed by atoms with Gasteiger partial charge in [-0.2, -0.15) is 0 Å². The van der Waals surface area contributed by atoms with Gasteiger partial charge in [0, 0.05) is 19.3 Å². The first-order valence-electron chi connectivity index (χ1n) is 7.37. The SMILES string of the molecule is C=C(C=NCN(Cc1ccccc1)Cc1ccccc1)C(=O)O. The third-order valence-electron chi connectivity index (χ3n) is 3.30. The van der Waals surface area contributed by atoms with Crippen LogP contribution >= 0.6 is 0 Å². The van der Waals surface area contributed by atoms with Gasteiger partial charge in [-0.3, -0.25) is 9.89 Å². The minimum absolute atomic E-state index is 0.00984. The Hall–Kier alpha value is -2.72. The van der Waals surface area contributed by atoms with Crippen molar-refractivity contribution in [2.45, 2.75) is 13.1 Å². The van der Waals surface area contributed by atoms with Crippen LogP contribution in [0.4, 0.5) is 0 Å². The molecule has 2 aromatic rings. The van der Waals surface area contributed by atoms with Gasteiger partial charge in [-0.1, -0.05) is 67.2 Å². The molecule has 4 nitrogen and oxygen atoms in total. The summed E-state index contributed by atoms with van der Waals surface area (Å²) in [6.45, 7) is 5.35. The number of carboxylic acid groups (broad SMARTS) is 1. The molecule has 0 amide bonds. The molecule has 0 saturated carbocycles. The second-order valence-electron chi connectivity index (χ2n) is 5.24. The van der Waals surface area contributed by atoms with Crippen LogP contribution in [0.1, 0.15) is 11.1 Å². The molecular weight excluding hydrogens is 288 g/mol. The molecule has 4 heteroatoms. The second-order valence-corrected chi connectivity index (χ2v) is 5.24. The Morgan fingerprint density at radius 1 is 1.00 bits per heavy atom. The van der Waals surface area contributed by atoms with E-state index in [9.17, 15) is 4.79 Å². The van der Waals surface area contributed by atoms with Crippen molar-refractivity contribution in [1.82, 2.24) is 4.90 Å². The summed E-state index contributed by atoms with van der Waals surface area (Å²) in [5, 5.41) is 8.81. The molecule has 0 spiro atoms. The molecule has 0 heterocycles. The highest BCUT2D eigenvalue weighted by Gasteiger charge is 2.07. The fourth-order valence-corrected chi connectivity index (χ4v) is 2.16. The predicted octanol–water partition coefficient (Wildman–Crippen LogP) is 3.36. The molecule has 0 unspecified atom stereocenters. The van der Waals surface area contributed by atoms with Crippen LogP contribution in [-0.2, 0) is 17.9 Å². The maximum Gasteiger partial charge on any atom is 0.336 e. The van der Waals surface area contributed by atoms with Crippen molar-refractivity contribution in [3.63, 3.8) is 0 Å². The zero-order valence-corrected chi connectivity index (χ0v) is 12.9. The third-order valence-corrected chi connectivity index (χ3v) is 3.30. The number of carbonyl (C=O) groups is 1. The Balaban J connectivity index is 2.04. The molecule has 2 aromatic carbocycles. The zero-order chi connectivity index (χ0) is 16.5. The fourth-order valence-electron chi connectivity index (χ4n) is 2.16. The van der Waals surface area contributed by atoms with Gasteiger partial charge in [0.15, 0.2) is 0 Å². The predicted molar refractivity (Wildman–Crippen MR) is 92.3 cm³/mol. The lowest BCUT2D eigenvalue weighted by molar-refractivity contribution is -0.131. The highest BCUT2D eigenvalue weighted by molar-refractivity contribution is 6.07. The van der Waals surface area contributed by atoms with Crippen LogP contribution in [0.15, 0.2) is 77.8 Å². The van der Waals surface area contributed by atoms with Gasteiger partial charge in [0.1, 0.15) is 0 Å². The van der Waals surface area contributed by atoms with Crippen LogP contribution in [0.5, 0.6) is 0 Å². The van der Waals surface area contributed by atoms with E-state index in [1.807, 2.05) is 36.4 Å². The molecule has 0 aliphatic rings. The van der Waals surface area contributed by atoms with Crippen molar-refractivity contribution in [2.24, 2.45) is 4.99 Å². The summed E-state index contributed by atoms with van der Waals surface area (Å²) in [5.74, 6) is -1.05. The van der Waals surface area contributed by atoms with Gasteiger partial charge in [-0.25, -0.2) is 4.79 Å². The Bertz CT molecular complexity index is 625. The lowest BCUT2D eigenvalue weighted by atomic mass is 10.2. The highest BCUT2D eigenvalue weighted by Crippen LogP contribution is 2.10. The van der Waals surface area contributed by atoms with Crippen molar-refractivity contribution in [3.05, 3.63) is 83.9 Å². The Kier molecular flexibility index (Phi) is 6.27. The average molecular weight is 308 g/mol. The molecule has 0 radical (unpaired) electrons. The summed E-state index contributed by atoms with van der Waals surface area (Å²) < 4.78 is 0. The van der Waals surface area contributed by atoms with E-state index < -0.39 is 5.97 Å². The first kappa shape index (κ1) is 16.6. The minimum Gasteiger partial charge on any atom is -0.478 e. The van der Waals surface area contributed by atoms with E-state index in [0.29, 0.717) is 6.67 Å². The summed E-state index contributed by atoms with van der Waals surface area (Å²) in [6, 6.07) is 20.3. The lowest BCUT2D eigenvalue weighted by Crippen LogP contribution is -2.23. The number of aliphatic carboxylic acids is 1. The van der Waals surface area contributed by atoms with Crippen LogP contribution in [-0.4, -0.2) is 28.9 Å². The van der Waals surface area contributed by atoms with Crippen molar-refractivity contribution in [2.75, 3.05) is 6.67 Å². The Labute approximate surface area is 136 Å². The molecule has 0 atom stereocenters. The maximum atomic E-state index is 10.8. The lowest BCUT2D eigenvalue weighted by Gasteiger charge is -2.20. The Morgan fingerprint density at radius 2 is 1.48 bits per heavy atom. The van der Waals surface area contributed by atoms with Crippen LogP contribution in [0.25, 0.3) is 0 Å². The topological polar surface area (TPSA) is 52.9 Å². The molecule has 0 aliphatic heterocycles. The van der Waals surface area contributed by atoms with Crippen molar-refractivity contribution >= 4 is 12.2 Å². The number of aliphatic imine (C=N–C) groups is 1. The first-order chi connectivity index (χ1) is 11.1. The van der Waals surface area contributed by atoms with Gasteiger partial charge in [-0.05, 0) is 11.1 Å². The second kappa shape index (κ2) is 8.66. The number of hydrogen-bond donors (Lipinski definition) is 1. The largest absolute Gasteiger partial charge is 0.478 e. The molecule has 0 fully saturated rings. The minimum atomic E-state index is -1.05. The van der Waals surface area contributed by atoms with Crippen LogP contribution < -0.4 is 0 Å². The summed E-state index contributed by atoms with van der Waals surface area (Å²) in [5.41, 5.74) is 2.37. The summed E-state index contributed by atoms with van der Waals surface area (Å²) in [4.78, 5) is 17.1. The van der Waals surface area contributed by atoms with E-state index in [2.05, 4.69) is 40.7 Å². The molecule has 0 aliphatic carbocycles. The van der Waals surface area contributed by atoms with Crippen LogP contribution in [0, 0.1) is 0 Å². The number of benzene rings is 2. The number of carboxylic acids is 1. The van der Waals surface area contributed by atoms with E-state index in [0.717, 1.165) is 13.1 Å². The number of rotatable bonds is 8. The van der Waals surface area contributed by atoms with Gasteiger partial charge < -0.3 is 5.11 Å². The van der Waals surface area contributed by atoms with E-state index in [1.165, 1.54) is 17.3 Å². The van der Waals surface area contributed by atoms with Gasteiger partial charge >= 0.3 is 5.97 Å². The maximum absolute atomic E-state index is 10.8. The smallest absolute Gasteiger partial charge is 0.336 e. The van der Waals surface area contributed by atoms with Gasteiger partial charge in [0.2, 0.25) is 0 Å². The Morgan fingerprint density at radius 3 is 1.91 bits per heavy atom. The molecule has 23 heavy (non-hydrogen) atoms. The fraction of sp³-hybridized carbons (Fsp3) is 0.158. The van der Waals surface area contributed by atoms with Gasteiger partial charge in [0.25, 0.3) is 0 Å². The third kappa shape index (κ3) is 5.88. The van der Waals surface area contributed by atoms with E-state index in [-0.39, 0.29) is 5.57 Å². The zero-order valence-electron chi connectivity index (χ0n) is 12.9. The summed E-state index contributed by atoms with van der Waals surface area (Å²) in [7, 11) is 0. The molecular formula is C19H20N2O2. The summed E-state index contributed by atoms with van der Waals surface area (Å²) >= 11 is 0. The standard InChI is InChI=1S/C19H20N2O2/c1-16(19(22)23)12-20-15-21(13-17-8-4-2-5-9-17)14-18-10-6-3-7-11-18/h2-12H,1,13-15H2,(H,22,23). The van der Waals surface area contributed by atoms with Crippen molar-refractivity contribution in [3.8, 4) is 0 Å². The average Bonchev–Trinajstić information content (AvgIpc) is 2.56. The molecule has 0 saturated heterocycles. The van der Waals surface area contributed by atoms with Crippen LogP contribution in [0.2, 0.25) is 0 Å². The van der Waals surface area contributed by atoms with E-state index >= 15 is 0 Å². The molecule has 0 aromatic heterocycles.